The number of benzene rings is 1. The molecule has 0 aliphatic heterocycles. The molecule has 1 N–H and O–H groups in total. The van der Waals surface area contributed by atoms with Gasteiger partial charge in [-0.25, -0.2) is 8.78 Å². The van der Waals surface area contributed by atoms with Crippen molar-refractivity contribution in [3.8, 4) is 0 Å². The number of aliphatic hydroxyl groups is 1. The van der Waals surface area contributed by atoms with E-state index in [1.165, 1.54) is 29.5 Å². The summed E-state index contributed by atoms with van der Waals surface area (Å²) >= 11 is 4.73. The van der Waals surface area contributed by atoms with Crippen LogP contribution in [0.3, 0.4) is 0 Å². The summed E-state index contributed by atoms with van der Waals surface area (Å²) in [6.07, 6.45) is -0.961. The summed E-state index contributed by atoms with van der Waals surface area (Å²) in [5.41, 5.74) is 0.926. The van der Waals surface area contributed by atoms with Crippen LogP contribution in [0.25, 0.3) is 0 Å². The molecule has 0 saturated carbocycles. The smallest absolute Gasteiger partial charge is 0.129 e. The fraction of sp³-hybridized carbons (Fsp3) is 0.231. The minimum Gasteiger partial charge on any atom is -0.387 e. The summed E-state index contributed by atoms with van der Waals surface area (Å²) in [4.78, 5) is 0.696. The summed E-state index contributed by atoms with van der Waals surface area (Å²) in [5.74, 6) is -1.25. The highest BCUT2D eigenvalue weighted by Gasteiger charge is 2.17. The number of rotatable bonds is 3. The van der Waals surface area contributed by atoms with Crippen LogP contribution >= 0.6 is 27.3 Å². The molecule has 2 aromatic rings. The van der Waals surface area contributed by atoms with Crippen LogP contribution in [0.4, 0.5) is 8.78 Å². The van der Waals surface area contributed by atoms with E-state index in [4.69, 9.17) is 0 Å². The van der Waals surface area contributed by atoms with E-state index in [2.05, 4.69) is 15.9 Å². The molecule has 2 rings (SSSR count). The first kappa shape index (κ1) is 13.6. The average molecular weight is 333 g/mol. The van der Waals surface area contributed by atoms with Crippen molar-refractivity contribution in [2.75, 3.05) is 0 Å². The predicted molar refractivity (Wildman–Crippen MR) is 71.8 cm³/mol. The lowest BCUT2D eigenvalue weighted by Gasteiger charge is -2.10. The Hall–Kier alpha value is -0.780. The van der Waals surface area contributed by atoms with Crippen molar-refractivity contribution in [3.05, 3.63) is 55.7 Å². The van der Waals surface area contributed by atoms with Gasteiger partial charge in [-0.3, -0.25) is 0 Å². The first-order valence-corrected chi connectivity index (χ1v) is 6.96. The molecule has 0 amide bonds. The van der Waals surface area contributed by atoms with Crippen LogP contribution in [0.1, 0.15) is 22.1 Å². The van der Waals surface area contributed by atoms with Crippen molar-refractivity contribution < 1.29 is 13.9 Å². The normalized spacial score (nSPS) is 12.7. The van der Waals surface area contributed by atoms with Crippen molar-refractivity contribution in [2.45, 2.75) is 19.4 Å². The molecule has 1 unspecified atom stereocenters. The standard InChI is InChI=1S/C13H11BrF2OS/c1-7-5-12(18-13(7)14)11(17)6-8-9(15)3-2-4-10(8)16/h2-5,11,17H,6H2,1H3. The Balaban J connectivity index is 2.23. The van der Waals surface area contributed by atoms with Gasteiger partial charge in [-0.1, -0.05) is 6.07 Å². The number of hydrogen-bond donors (Lipinski definition) is 1. The van der Waals surface area contributed by atoms with Crippen molar-refractivity contribution in [1.82, 2.24) is 0 Å². The van der Waals surface area contributed by atoms with Gasteiger partial charge in [0.05, 0.1) is 9.89 Å². The second-order valence-corrected chi connectivity index (χ2v) is 6.43. The predicted octanol–water partition coefficient (Wildman–Crippen LogP) is 4.37. The molecule has 0 radical (unpaired) electrons. The minimum atomic E-state index is -0.897. The van der Waals surface area contributed by atoms with E-state index in [0.717, 1.165) is 9.35 Å². The molecule has 18 heavy (non-hydrogen) atoms. The lowest BCUT2D eigenvalue weighted by atomic mass is 10.1. The van der Waals surface area contributed by atoms with E-state index in [1.54, 1.807) is 0 Å². The SMILES string of the molecule is Cc1cc(C(O)Cc2c(F)cccc2F)sc1Br. The Bertz CT molecular complexity index is 528. The zero-order chi connectivity index (χ0) is 13.3. The number of thiophene rings is 1. The highest BCUT2D eigenvalue weighted by atomic mass is 79.9. The third-order valence-corrected chi connectivity index (χ3v) is 4.90. The maximum absolute atomic E-state index is 13.5. The monoisotopic (exact) mass is 332 g/mol. The summed E-state index contributed by atoms with van der Waals surface area (Å²) in [6, 6.07) is 5.52. The van der Waals surface area contributed by atoms with E-state index in [9.17, 15) is 13.9 Å². The van der Waals surface area contributed by atoms with Gasteiger partial charge < -0.3 is 5.11 Å². The molecule has 1 atom stereocenters. The largest absolute Gasteiger partial charge is 0.387 e. The van der Waals surface area contributed by atoms with Crippen LogP contribution < -0.4 is 0 Å². The second kappa shape index (κ2) is 5.47. The zero-order valence-electron chi connectivity index (χ0n) is 9.58. The van der Waals surface area contributed by atoms with Crippen molar-refractivity contribution in [3.63, 3.8) is 0 Å². The van der Waals surface area contributed by atoms with Crippen molar-refractivity contribution in [1.29, 1.82) is 0 Å². The third kappa shape index (κ3) is 2.79. The number of hydrogen-bond acceptors (Lipinski definition) is 2. The van der Waals surface area contributed by atoms with E-state index in [0.29, 0.717) is 4.88 Å². The zero-order valence-corrected chi connectivity index (χ0v) is 12.0. The molecule has 1 heterocycles. The van der Waals surface area contributed by atoms with E-state index in [1.807, 2.05) is 13.0 Å². The average Bonchev–Trinajstić information content (AvgIpc) is 2.64. The Morgan fingerprint density at radius 3 is 2.44 bits per heavy atom. The Morgan fingerprint density at radius 2 is 1.94 bits per heavy atom. The van der Waals surface area contributed by atoms with Gasteiger partial charge in [-0.2, -0.15) is 0 Å². The van der Waals surface area contributed by atoms with Crippen LogP contribution in [0.2, 0.25) is 0 Å². The molecular weight excluding hydrogens is 322 g/mol. The maximum Gasteiger partial charge on any atom is 0.129 e. The number of aryl methyl sites for hydroxylation is 1. The first-order valence-electron chi connectivity index (χ1n) is 5.36. The summed E-state index contributed by atoms with van der Waals surface area (Å²) in [7, 11) is 0. The topological polar surface area (TPSA) is 20.2 Å². The fourth-order valence-electron chi connectivity index (χ4n) is 1.67. The highest BCUT2D eigenvalue weighted by molar-refractivity contribution is 9.11. The van der Waals surface area contributed by atoms with Gasteiger partial charge in [0, 0.05) is 16.9 Å². The van der Waals surface area contributed by atoms with Gasteiger partial charge in [0.2, 0.25) is 0 Å². The molecule has 5 heteroatoms. The molecule has 96 valence electrons. The highest BCUT2D eigenvalue weighted by Crippen LogP contribution is 2.33. The van der Waals surface area contributed by atoms with Crippen LogP contribution in [0, 0.1) is 18.6 Å². The minimum absolute atomic E-state index is 0.0646. The molecule has 0 bridgehead atoms. The molecular formula is C13H11BrF2OS. The maximum atomic E-state index is 13.5. The molecule has 1 aromatic carbocycles. The Morgan fingerprint density at radius 1 is 1.33 bits per heavy atom. The molecule has 1 nitrogen and oxygen atoms in total. The van der Waals surface area contributed by atoms with Crippen LogP contribution in [0.15, 0.2) is 28.1 Å². The quantitative estimate of drug-likeness (QED) is 0.884. The lowest BCUT2D eigenvalue weighted by Crippen LogP contribution is -2.04. The summed E-state index contributed by atoms with van der Waals surface area (Å²) < 4.78 is 27.8. The van der Waals surface area contributed by atoms with Gasteiger partial charge in [-0.05, 0) is 46.6 Å². The van der Waals surface area contributed by atoms with E-state index in [-0.39, 0.29) is 12.0 Å². The van der Waals surface area contributed by atoms with Gasteiger partial charge in [0.1, 0.15) is 11.6 Å². The number of halogens is 3. The summed E-state index contributed by atoms with van der Waals surface area (Å²) in [5, 5.41) is 10.0. The first-order chi connectivity index (χ1) is 8.49. The van der Waals surface area contributed by atoms with Gasteiger partial charge in [0.25, 0.3) is 0 Å². The second-order valence-electron chi connectivity index (χ2n) is 4.03. The Kier molecular flexibility index (Phi) is 4.14. The van der Waals surface area contributed by atoms with Crippen LogP contribution in [-0.2, 0) is 6.42 Å². The van der Waals surface area contributed by atoms with E-state index < -0.39 is 17.7 Å². The van der Waals surface area contributed by atoms with Crippen LogP contribution in [-0.4, -0.2) is 5.11 Å². The van der Waals surface area contributed by atoms with Crippen molar-refractivity contribution in [2.24, 2.45) is 0 Å². The van der Waals surface area contributed by atoms with Gasteiger partial charge >= 0.3 is 0 Å². The van der Waals surface area contributed by atoms with Gasteiger partial charge in [0.15, 0.2) is 0 Å². The molecule has 0 fully saturated rings. The molecule has 0 saturated heterocycles. The third-order valence-electron chi connectivity index (χ3n) is 2.66. The van der Waals surface area contributed by atoms with Gasteiger partial charge in [-0.15, -0.1) is 11.3 Å². The lowest BCUT2D eigenvalue weighted by molar-refractivity contribution is 0.179. The molecule has 0 spiro atoms. The van der Waals surface area contributed by atoms with Crippen LogP contribution in [0.5, 0.6) is 0 Å². The van der Waals surface area contributed by atoms with Crippen molar-refractivity contribution >= 4 is 27.3 Å². The van der Waals surface area contributed by atoms with E-state index >= 15 is 0 Å². The molecule has 0 aliphatic rings. The molecule has 0 aliphatic carbocycles. The number of aliphatic hydroxyl groups excluding tert-OH is 1. The fourth-order valence-corrected chi connectivity index (χ4v) is 3.23. The summed E-state index contributed by atoms with van der Waals surface area (Å²) in [6.45, 7) is 1.90. The Labute approximate surface area is 116 Å². The molecule has 1 aromatic heterocycles.